The van der Waals surface area contributed by atoms with Crippen molar-refractivity contribution in [1.82, 2.24) is 14.7 Å². The molecule has 2 heterocycles. The van der Waals surface area contributed by atoms with Crippen LogP contribution in [0.5, 0.6) is 0 Å². The van der Waals surface area contributed by atoms with E-state index < -0.39 is 17.8 Å². The monoisotopic (exact) mass is 522 g/mol. The second kappa shape index (κ2) is 11.3. The maximum Gasteiger partial charge on any atom is 0.302 e. The van der Waals surface area contributed by atoms with Crippen LogP contribution in [0.15, 0.2) is 65.4 Å². The highest BCUT2D eigenvalue weighted by Gasteiger charge is 2.35. The smallest absolute Gasteiger partial charge is 0.302 e. The highest BCUT2D eigenvalue weighted by molar-refractivity contribution is 6.19. The molecule has 2 aromatic carbocycles. The molecule has 3 aromatic rings. The first-order chi connectivity index (χ1) is 18.6. The minimum atomic E-state index is -0.648. The quantitative estimate of drug-likeness (QED) is 0.187. The summed E-state index contributed by atoms with van der Waals surface area (Å²) in [5.41, 5.74) is 6.90. The van der Waals surface area contributed by atoms with Gasteiger partial charge in [-0.15, -0.1) is 0 Å². The van der Waals surface area contributed by atoms with Gasteiger partial charge in [-0.05, 0) is 69.0 Å². The van der Waals surface area contributed by atoms with Gasteiger partial charge in [0.25, 0.3) is 11.8 Å². The molecule has 4 rings (SSSR count). The highest BCUT2D eigenvalue weighted by Crippen LogP contribution is 2.34. The van der Waals surface area contributed by atoms with E-state index in [0.29, 0.717) is 16.8 Å². The van der Waals surface area contributed by atoms with Gasteiger partial charge in [0.05, 0.1) is 12.3 Å². The first kappa shape index (κ1) is 27.3. The number of hydrogen-bond acceptors (Lipinski definition) is 6. The van der Waals surface area contributed by atoms with Crippen molar-refractivity contribution >= 4 is 23.9 Å². The van der Waals surface area contributed by atoms with E-state index >= 15 is 0 Å². The van der Waals surface area contributed by atoms with E-state index in [4.69, 9.17) is 9.84 Å². The molecule has 8 nitrogen and oxygen atoms in total. The SMILES string of the molecule is CC(=O)OCCCN1C(=O)C(C#N)=C(C)/C(=C\c2cn(-c3ccccc3)nc2-c2c(C)cc(C)cc2C)C1=O. The number of hydrogen-bond donors (Lipinski definition) is 0. The Labute approximate surface area is 227 Å². The van der Waals surface area contributed by atoms with Gasteiger partial charge < -0.3 is 4.74 Å². The standard InChI is InChI=1S/C31H30N4O4/c1-19-14-20(2)28(21(3)15-19)29-24(18-35(33-29)25-10-7-6-8-11-25)16-26-22(4)27(17-32)31(38)34(30(26)37)12-9-13-39-23(5)36/h6-8,10-11,14-16,18H,9,12-13H2,1-5H3/b26-16+. The fourth-order valence-corrected chi connectivity index (χ4v) is 4.88. The number of carbonyl (C=O) groups is 3. The molecule has 0 fully saturated rings. The molecule has 2 amide bonds. The number of carbonyl (C=O) groups excluding carboxylic acids is 3. The van der Waals surface area contributed by atoms with E-state index in [0.717, 1.165) is 32.8 Å². The lowest BCUT2D eigenvalue weighted by Gasteiger charge is -2.27. The molecule has 1 aliphatic rings. The Hall–Kier alpha value is -4.77. The number of amides is 2. The van der Waals surface area contributed by atoms with Crippen molar-refractivity contribution in [2.75, 3.05) is 13.2 Å². The molecule has 0 atom stereocenters. The summed E-state index contributed by atoms with van der Waals surface area (Å²) in [5.74, 6) is -1.59. The van der Waals surface area contributed by atoms with Gasteiger partial charge in [-0.3, -0.25) is 19.3 Å². The van der Waals surface area contributed by atoms with Crippen LogP contribution in [-0.2, 0) is 19.1 Å². The predicted molar refractivity (Wildman–Crippen MR) is 147 cm³/mol. The molecular weight excluding hydrogens is 492 g/mol. The Morgan fingerprint density at radius 1 is 1.05 bits per heavy atom. The molecule has 1 aromatic heterocycles. The summed E-state index contributed by atoms with van der Waals surface area (Å²) in [5, 5.41) is 14.7. The zero-order chi connectivity index (χ0) is 28.3. The summed E-state index contributed by atoms with van der Waals surface area (Å²) < 4.78 is 6.71. The van der Waals surface area contributed by atoms with Crippen molar-refractivity contribution in [3.63, 3.8) is 0 Å². The van der Waals surface area contributed by atoms with Gasteiger partial charge in [0, 0.05) is 36.4 Å². The fraction of sp³-hybridized carbons (Fsp3) is 0.258. The second-order valence-corrected chi connectivity index (χ2v) is 9.61. The van der Waals surface area contributed by atoms with E-state index in [1.54, 1.807) is 17.7 Å². The molecule has 0 spiro atoms. The largest absolute Gasteiger partial charge is 0.466 e. The van der Waals surface area contributed by atoms with Crippen LogP contribution < -0.4 is 0 Å². The van der Waals surface area contributed by atoms with Crippen LogP contribution in [0.3, 0.4) is 0 Å². The van der Waals surface area contributed by atoms with Crippen LogP contribution in [0.4, 0.5) is 0 Å². The number of nitriles is 1. The Morgan fingerprint density at radius 3 is 2.33 bits per heavy atom. The van der Waals surface area contributed by atoms with E-state index in [1.807, 2.05) is 63.4 Å². The summed E-state index contributed by atoms with van der Waals surface area (Å²) >= 11 is 0. The third-order valence-electron chi connectivity index (χ3n) is 6.63. The molecule has 0 saturated heterocycles. The van der Waals surface area contributed by atoms with Crippen molar-refractivity contribution in [1.29, 1.82) is 5.26 Å². The minimum Gasteiger partial charge on any atom is -0.466 e. The first-order valence-electron chi connectivity index (χ1n) is 12.7. The van der Waals surface area contributed by atoms with Crippen molar-refractivity contribution < 1.29 is 19.1 Å². The highest BCUT2D eigenvalue weighted by atomic mass is 16.5. The summed E-state index contributed by atoms with van der Waals surface area (Å²) in [6.45, 7) is 9.09. The van der Waals surface area contributed by atoms with E-state index in [-0.39, 0.29) is 30.7 Å². The van der Waals surface area contributed by atoms with E-state index in [2.05, 4.69) is 12.1 Å². The first-order valence-corrected chi connectivity index (χ1v) is 12.7. The molecule has 198 valence electrons. The van der Waals surface area contributed by atoms with Crippen molar-refractivity contribution in [3.05, 3.63) is 87.6 Å². The maximum absolute atomic E-state index is 13.6. The van der Waals surface area contributed by atoms with Gasteiger partial charge in [0.1, 0.15) is 17.3 Å². The number of imide groups is 1. The number of ether oxygens (including phenoxy) is 1. The van der Waals surface area contributed by atoms with Crippen LogP contribution in [0, 0.1) is 32.1 Å². The Bertz CT molecular complexity index is 1550. The average molecular weight is 523 g/mol. The van der Waals surface area contributed by atoms with Crippen molar-refractivity contribution in [3.8, 4) is 23.0 Å². The number of nitrogens with zero attached hydrogens (tertiary/aromatic N) is 4. The van der Waals surface area contributed by atoms with Gasteiger partial charge in [0.2, 0.25) is 0 Å². The summed E-state index contributed by atoms with van der Waals surface area (Å²) in [7, 11) is 0. The molecule has 0 N–H and O–H groups in total. The van der Waals surface area contributed by atoms with Crippen LogP contribution >= 0.6 is 0 Å². The molecule has 0 saturated carbocycles. The number of esters is 1. The van der Waals surface area contributed by atoms with Gasteiger partial charge in [-0.1, -0.05) is 35.9 Å². The third-order valence-corrected chi connectivity index (χ3v) is 6.63. The van der Waals surface area contributed by atoms with Crippen LogP contribution in [0.25, 0.3) is 23.0 Å². The minimum absolute atomic E-state index is 0.0209. The van der Waals surface area contributed by atoms with Crippen LogP contribution in [-0.4, -0.2) is 45.6 Å². The van der Waals surface area contributed by atoms with Gasteiger partial charge in [-0.25, -0.2) is 4.68 Å². The fourth-order valence-electron chi connectivity index (χ4n) is 4.88. The lowest BCUT2D eigenvalue weighted by Crippen LogP contribution is -2.43. The summed E-state index contributed by atoms with van der Waals surface area (Å²) in [4.78, 5) is 38.7. The van der Waals surface area contributed by atoms with Crippen molar-refractivity contribution in [2.45, 2.75) is 41.0 Å². The van der Waals surface area contributed by atoms with Crippen LogP contribution in [0.1, 0.15) is 42.5 Å². The van der Waals surface area contributed by atoms with E-state index in [9.17, 15) is 19.6 Å². The van der Waals surface area contributed by atoms with Gasteiger partial charge >= 0.3 is 5.97 Å². The van der Waals surface area contributed by atoms with Crippen molar-refractivity contribution in [2.24, 2.45) is 0 Å². The summed E-state index contributed by atoms with van der Waals surface area (Å²) in [6, 6.07) is 15.8. The molecule has 0 radical (unpaired) electrons. The number of aromatic nitrogens is 2. The van der Waals surface area contributed by atoms with Crippen LogP contribution in [0.2, 0.25) is 0 Å². The molecule has 39 heavy (non-hydrogen) atoms. The molecule has 1 aliphatic heterocycles. The number of para-hydroxylation sites is 1. The Balaban J connectivity index is 1.86. The number of rotatable bonds is 7. The molecule has 0 aliphatic carbocycles. The second-order valence-electron chi connectivity index (χ2n) is 9.61. The average Bonchev–Trinajstić information content (AvgIpc) is 3.29. The lowest BCUT2D eigenvalue weighted by atomic mass is 9.91. The lowest BCUT2D eigenvalue weighted by molar-refractivity contribution is -0.141. The zero-order valence-corrected chi connectivity index (χ0v) is 22.7. The van der Waals surface area contributed by atoms with Gasteiger partial charge in [-0.2, -0.15) is 10.4 Å². The molecule has 0 unspecified atom stereocenters. The Morgan fingerprint density at radius 2 is 1.72 bits per heavy atom. The number of aryl methyl sites for hydroxylation is 3. The van der Waals surface area contributed by atoms with Gasteiger partial charge in [0.15, 0.2) is 0 Å². The molecular formula is C31H30N4O4. The third kappa shape index (κ3) is 5.58. The topological polar surface area (TPSA) is 105 Å². The number of benzene rings is 2. The zero-order valence-electron chi connectivity index (χ0n) is 22.7. The maximum atomic E-state index is 13.6. The predicted octanol–water partition coefficient (Wildman–Crippen LogP) is 5.01. The Kier molecular flexibility index (Phi) is 7.91. The summed E-state index contributed by atoms with van der Waals surface area (Å²) in [6.07, 6.45) is 3.83. The van der Waals surface area contributed by atoms with E-state index in [1.165, 1.54) is 6.92 Å². The molecule has 8 heteroatoms. The normalized spacial score (nSPS) is 14.7. The molecule has 0 bridgehead atoms.